The summed E-state index contributed by atoms with van der Waals surface area (Å²) in [5.41, 5.74) is -0.500. The molecule has 5 rings (SSSR count). The maximum atomic E-state index is 13.6. The molecular formula is C30H41N7O6. The number of fused-ring (bicyclic) bond motifs is 1. The third-order valence-corrected chi connectivity index (χ3v) is 8.40. The van der Waals surface area contributed by atoms with Gasteiger partial charge in [0.15, 0.2) is 5.65 Å². The summed E-state index contributed by atoms with van der Waals surface area (Å²) in [6.45, 7) is 7.39. The van der Waals surface area contributed by atoms with Crippen LogP contribution < -0.4 is 21.1 Å². The van der Waals surface area contributed by atoms with Gasteiger partial charge in [-0.2, -0.15) is 9.61 Å². The highest BCUT2D eigenvalue weighted by atomic mass is 16.6. The van der Waals surface area contributed by atoms with Crippen LogP contribution in [0.3, 0.4) is 0 Å². The molecule has 2 fully saturated rings. The first-order valence-corrected chi connectivity index (χ1v) is 14.7. The van der Waals surface area contributed by atoms with Gasteiger partial charge in [0.2, 0.25) is 0 Å². The summed E-state index contributed by atoms with van der Waals surface area (Å²) in [5, 5.41) is 20.3. The Morgan fingerprint density at radius 1 is 1.19 bits per heavy atom. The molecule has 2 saturated carbocycles. The molecule has 3 N–H and O–H groups in total. The molecule has 2 atom stereocenters. The van der Waals surface area contributed by atoms with Crippen molar-refractivity contribution in [3.63, 3.8) is 0 Å². The maximum absolute atomic E-state index is 13.6. The topological polar surface area (TPSA) is 152 Å². The number of hydrogen-bond acceptors (Lipinski definition) is 9. The molecule has 3 aromatic heterocycles. The van der Waals surface area contributed by atoms with E-state index in [-0.39, 0.29) is 46.1 Å². The fourth-order valence-electron chi connectivity index (χ4n) is 5.46. The van der Waals surface area contributed by atoms with Crippen molar-refractivity contribution in [2.75, 3.05) is 24.4 Å². The van der Waals surface area contributed by atoms with Crippen molar-refractivity contribution in [2.24, 2.45) is 0 Å². The lowest BCUT2D eigenvalue weighted by Gasteiger charge is -2.36. The van der Waals surface area contributed by atoms with E-state index in [0.29, 0.717) is 18.5 Å². The number of anilines is 3. The first-order chi connectivity index (χ1) is 20.3. The van der Waals surface area contributed by atoms with Gasteiger partial charge in [-0.15, -0.1) is 0 Å². The Balaban J connectivity index is 1.50. The predicted octanol–water partition coefficient (Wildman–Crippen LogP) is 3.78. The third-order valence-electron chi connectivity index (χ3n) is 8.40. The average Bonchev–Trinajstić information content (AvgIpc) is 3.39. The highest BCUT2D eigenvalue weighted by molar-refractivity contribution is 6.00. The first kappa shape index (κ1) is 30.5. The van der Waals surface area contributed by atoms with Gasteiger partial charge < -0.3 is 29.8 Å². The molecule has 0 spiro atoms. The number of rotatable bonds is 7. The second-order valence-corrected chi connectivity index (χ2v) is 12.7. The number of pyridine rings is 1. The fourth-order valence-corrected chi connectivity index (χ4v) is 5.46. The molecule has 0 bridgehead atoms. The smallest absolute Gasteiger partial charge is 0.415 e. The summed E-state index contributed by atoms with van der Waals surface area (Å²) in [4.78, 5) is 45.7. The maximum Gasteiger partial charge on any atom is 0.415 e. The molecule has 3 aromatic rings. The molecule has 0 aromatic carbocycles. The number of hydrogen-bond donors (Lipinski definition) is 3. The zero-order valence-electron chi connectivity index (χ0n) is 25.6. The molecule has 2 aliphatic rings. The van der Waals surface area contributed by atoms with Crippen LogP contribution in [0, 0.1) is 0 Å². The summed E-state index contributed by atoms with van der Waals surface area (Å²) < 4.78 is 14.3. The van der Waals surface area contributed by atoms with E-state index in [1.54, 1.807) is 50.8 Å². The minimum atomic E-state index is -0.744. The summed E-state index contributed by atoms with van der Waals surface area (Å²) in [5.74, 6) is 0.0603. The zero-order chi connectivity index (χ0) is 31.1. The Labute approximate surface area is 250 Å². The lowest BCUT2D eigenvalue weighted by atomic mass is 9.83. The van der Waals surface area contributed by atoms with Gasteiger partial charge in [0, 0.05) is 32.5 Å². The number of aliphatic hydroxyl groups is 1. The number of amides is 2. The van der Waals surface area contributed by atoms with Crippen molar-refractivity contribution in [3.8, 4) is 0 Å². The van der Waals surface area contributed by atoms with Crippen LogP contribution in [0.4, 0.5) is 22.1 Å². The quantitative estimate of drug-likeness (QED) is 0.370. The van der Waals surface area contributed by atoms with Crippen LogP contribution in [0.15, 0.2) is 35.4 Å². The predicted molar refractivity (Wildman–Crippen MR) is 161 cm³/mol. The molecule has 2 amide bonds. The number of aromatic nitrogens is 4. The van der Waals surface area contributed by atoms with Crippen LogP contribution in [0.2, 0.25) is 0 Å². The number of aliphatic hydroxyl groups excluding tert-OH is 1. The minimum absolute atomic E-state index is 0.0359. The largest absolute Gasteiger partial charge is 0.443 e. The van der Waals surface area contributed by atoms with Crippen molar-refractivity contribution in [1.82, 2.24) is 24.5 Å². The highest BCUT2D eigenvalue weighted by Crippen LogP contribution is 2.36. The second kappa shape index (κ2) is 11.6. The van der Waals surface area contributed by atoms with Gasteiger partial charge in [-0.25, -0.2) is 9.78 Å². The Hall–Kier alpha value is -3.97. The van der Waals surface area contributed by atoms with Crippen LogP contribution in [0.1, 0.15) is 82.6 Å². The van der Waals surface area contributed by atoms with Crippen molar-refractivity contribution >= 4 is 35.0 Å². The summed E-state index contributed by atoms with van der Waals surface area (Å²) >= 11 is 0. The molecular weight excluding hydrogens is 554 g/mol. The van der Waals surface area contributed by atoms with Crippen LogP contribution >= 0.6 is 0 Å². The molecule has 13 heteroatoms. The van der Waals surface area contributed by atoms with Gasteiger partial charge in [-0.1, -0.05) is 0 Å². The number of methoxy groups -OCH3 is 1. The monoisotopic (exact) mass is 595 g/mol. The number of carbonyl (C=O) groups excluding carboxylic acids is 2. The van der Waals surface area contributed by atoms with E-state index in [9.17, 15) is 19.5 Å². The highest BCUT2D eigenvalue weighted by Gasteiger charge is 2.33. The Morgan fingerprint density at radius 3 is 2.51 bits per heavy atom. The fraction of sp³-hybridized carbons (Fsp3) is 0.567. The SMILES string of the molecule is CO[C@]1(C)CC[C@@H](n2cccc(Nc3cc(N(C)C(=O)OC(C)(C)C)n4ncc(C(=O)NC5CCC5O)c4n3)c2=O)CC1. The van der Waals surface area contributed by atoms with Gasteiger partial charge in [-0.05, 0) is 78.4 Å². The molecule has 13 nitrogen and oxygen atoms in total. The molecule has 0 saturated heterocycles. The lowest BCUT2D eigenvalue weighted by molar-refractivity contribution is -0.0324. The van der Waals surface area contributed by atoms with Crippen LogP contribution in [-0.2, 0) is 9.47 Å². The second-order valence-electron chi connectivity index (χ2n) is 12.7. The van der Waals surface area contributed by atoms with Crippen LogP contribution in [0.25, 0.3) is 5.65 Å². The summed E-state index contributed by atoms with van der Waals surface area (Å²) in [6.07, 6.45) is 6.54. The number of nitrogens with one attached hydrogen (secondary N) is 2. The van der Waals surface area contributed by atoms with Gasteiger partial charge in [0.1, 0.15) is 28.5 Å². The van der Waals surface area contributed by atoms with E-state index in [2.05, 4.69) is 27.6 Å². The Bertz CT molecular complexity index is 1570. The zero-order valence-corrected chi connectivity index (χ0v) is 25.6. The van der Waals surface area contributed by atoms with E-state index in [0.717, 1.165) is 25.7 Å². The van der Waals surface area contributed by atoms with E-state index in [1.165, 1.54) is 22.7 Å². The number of nitrogens with zero attached hydrogens (tertiary/aromatic N) is 5. The normalized spacial score (nSPS) is 23.8. The van der Waals surface area contributed by atoms with Gasteiger partial charge in [0.05, 0.1) is 23.9 Å². The van der Waals surface area contributed by atoms with Crippen molar-refractivity contribution in [1.29, 1.82) is 0 Å². The molecule has 2 unspecified atom stereocenters. The first-order valence-electron chi connectivity index (χ1n) is 14.7. The number of ether oxygens (including phenoxy) is 2. The van der Waals surface area contributed by atoms with E-state index in [1.807, 2.05) is 6.07 Å². The van der Waals surface area contributed by atoms with Crippen molar-refractivity contribution < 1.29 is 24.2 Å². The van der Waals surface area contributed by atoms with E-state index < -0.39 is 23.7 Å². The molecule has 0 aliphatic heterocycles. The van der Waals surface area contributed by atoms with E-state index in [4.69, 9.17) is 9.47 Å². The molecule has 2 aliphatic carbocycles. The summed E-state index contributed by atoms with van der Waals surface area (Å²) in [7, 11) is 3.26. The Morgan fingerprint density at radius 2 is 1.91 bits per heavy atom. The average molecular weight is 596 g/mol. The summed E-state index contributed by atoms with van der Waals surface area (Å²) in [6, 6.07) is 4.74. The molecule has 232 valence electrons. The van der Waals surface area contributed by atoms with Crippen molar-refractivity contribution in [3.05, 3.63) is 46.5 Å². The van der Waals surface area contributed by atoms with Gasteiger partial charge >= 0.3 is 6.09 Å². The molecule has 3 heterocycles. The molecule has 0 radical (unpaired) electrons. The minimum Gasteiger partial charge on any atom is -0.443 e. The van der Waals surface area contributed by atoms with Gasteiger partial charge in [-0.3, -0.25) is 14.5 Å². The van der Waals surface area contributed by atoms with Crippen LogP contribution in [-0.4, -0.2) is 73.8 Å². The third kappa shape index (κ3) is 6.37. The standard InChI is InChI=1S/C30H41N7O6/c1-29(2,3)43-28(41)35(5)24-16-23(34-25-19(17-31-37(24)25)26(39)33-20-9-10-22(20)38)32-21-8-7-15-36(27(21)40)18-11-13-30(4,42-6)14-12-18/h7-8,15-18,20,22,38H,9-14H2,1-6H3,(H,32,34)(H,33,39)/t18-,20?,22?,30-. The lowest BCUT2D eigenvalue weighted by Crippen LogP contribution is -2.50. The van der Waals surface area contributed by atoms with Crippen LogP contribution in [0.5, 0.6) is 0 Å². The number of carbonyl (C=O) groups is 2. The van der Waals surface area contributed by atoms with E-state index >= 15 is 0 Å². The molecule has 43 heavy (non-hydrogen) atoms. The van der Waals surface area contributed by atoms with Crippen molar-refractivity contribution in [2.45, 2.75) is 95.6 Å². The Kier molecular flexibility index (Phi) is 8.23. The van der Waals surface area contributed by atoms with Gasteiger partial charge in [0.25, 0.3) is 11.5 Å².